The van der Waals surface area contributed by atoms with Crippen LogP contribution in [-0.4, -0.2) is 22.2 Å². The van der Waals surface area contributed by atoms with Crippen molar-refractivity contribution >= 4 is 38.4 Å². The van der Waals surface area contributed by atoms with Crippen LogP contribution in [-0.2, 0) is 0 Å². The number of nitrogens with one attached hydrogen (secondary N) is 2. The lowest BCUT2D eigenvalue weighted by Gasteiger charge is -2.18. The van der Waals surface area contributed by atoms with E-state index in [2.05, 4.69) is 47.2 Å². The van der Waals surface area contributed by atoms with E-state index in [1.54, 1.807) is 0 Å². The maximum atomic E-state index is 8.18. The van der Waals surface area contributed by atoms with Crippen molar-refractivity contribution in [3.8, 4) is 11.4 Å². The molecular weight excluding hydrogens is 400 g/mol. The molecule has 0 saturated heterocycles. The Morgan fingerprint density at radius 2 is 1.85 bits per heavy atom. The summed E-state index contributed by atoms with van der Waals surface area (Å²) in [6.07, 6.45) is 1.73. The molecule has 0 saturated carbocycles. The van der Waals surface area contributed by atoms with Crippen LogP contribution in [0.2, 0.25) is 0 Å². The van der Waals surface area contributed by atoms with Gasteiger partial charge in [0, 0.05) is 33.6 Å². The predicted molar refractivity (Wildman–Crippen MR) is 118 cm³/mol. The molecule has 2 N–H and O–H groups in total. The van der Waals surface area contributed by atoms with Gasteiger partial charge in [-0.3, -0.25) is 0 Å². The van der Waals surface area contributed by atoms with Gasteiger partial charge in [-0.25, -0.2) is 9.97 Å². The molecule has 0 aliphatic rings. The number of fused-ring (bicyclic) bond motifs is 1. The third-order valence-corrected chi connectivity index (χ3v) is 5.36. The Hall–Kier alpha value is -2.27. The van der Waals surface area contributed by atoms with E-state index < -0.39 is 0 Å². The standard InChI is InChI=1S/C22H25BrN4/c1-4-15(19(24)5-2)13-25-22-18-12-14(3)6-11-20(18)26-21(27-22)16-7-9-17(23)10-8-16/h6-12,15,24H,4-5,13H2,1-3H3,(H,25,26,27). The molecule has 3 rings (SSSR count). The number of halogens is 1. The fourth-order valence-corrected chi connectivity index (χ4v) is 3.39. The smallest absolute Gasteiger partial charge is 0.162 e. The zero-order valence-corrected chi connectivity index (χ0v) is 17.6. The third-order valence-electron chi connectivity index (χ3n) is 4.84. The summed E-state index contributed by atoms with van der Waals surface area (Å²) in [7, 11) is 0. The molecule has 0 radical (unpaired) electrons. The molecule has 0 amide bonds. The summed E-state index contributed by atoms with van der Waals surface area (Å²) in [5.74, 6) is 1.77. The fourth-order valence-electron chi connectivity index (χ4n) is 3.13. The van der Waals surface area contributed by atoms with Gasteiger partial charge in [0.2, 0.25) is 0 Å². The average molecular weight is 425 g/mol. The number of benzene rings is 2. The SMILES string of the molecule is CCC(=N)C(CC)CNc1nc(-c2ccc(Br)cc2)nc2ccc(C)cc12. The van der Waals surface area contributed by atoms with E-state index in [9.17, 15) is 0 Å². The molecule has 5 heteroatoms. The van der Waals surface area contributed by atoms with Crippen LogP contribution < -0.4 is 5.32 Å². The molecule has 0 aliphatic heterocycles. The maximum absolute atomic E-state index is 8.18. The largest absolute Gasteiger partial charge is 0.369 e. The molecule has 27 heavy (non-hydrogen) atoms. The molecule has 1 atom stereocenters. The van der Waals surface area contributed by atoms with Gasteiger partial charge in [-0.2, -0.15) is 0 Å². The van der Waals surface area contributed by atoms with E-state index in [0.29, 0.717) is 12.4 Å². The molecule has 2 aromatic carbocycles. The third kappa shape index (κ3) is 4.53. The second-order valence-corrected chi connectivity index (χ2v) is 7.70. The Bertz CT molecular complexity index is 950. The van der Waals surface area contributed by atoms with E-state index >= 15 is 0 Å². The minimum atomic E-state index is 0.223. The van der Waals surface area contributed by atoms with Crippen LogP contribution in [0.15, 0.2) is 46.9 Å². The highest BCUT2D eigenvalue weighted by molar-refractivity contribution is 9.10. The molecule has 1 unspecified atom stereocenters. The van der Waals surface area contributed by atoms with Crippen LogP contribution in [0.1, 0.15) is 32.3 Å². The van der Waals surface area contributed by atoms with Crippen LogP contribution in [0.3, 0.4) is 0 Å². The van der Waals surface area contributed by atoms with Crippen molar-refractivity contribution in [1.29, 1.82) is 5.41 Å². The first-order valence-corrected chi connectivity index (χ1v) is 10.2. The number of anilines is 1. The first kappa shape index (κ1) is 19.5. The highest BCUT2D eigenvalue weighted by Crippen LogP contribution is 2.27. The summed E-state index contributed by atoms with van der Waals surface area (Å²) in [6, 6.07) is 14.3. The zero-order valence-electron chi connectivity index (χ0n) is 16.0. The summed E-state index contributed by atoms with van der Waals surface area (Å²) in [4.78, 5) is 9.59. The first-order valence-electron chi connectivity index (χ1n) is 9.37. The molecule has 1 aromatic heterocycles. The summed E-state index contributed by atoms with van der Waals surface area (Å²) in [5.41, 5.74) is 3.87. The minimum Gasteiger partial charge on any atom is -0.369 e. The van der Waals surface area contributed by atoms with E-state index in [4.69, 9.17) is 15.4 Å². The summed E-state index contributed by atoms with van der Waals surface area (Å²) in [6.45, 7) is 6.96. The molecule has 0 spiro atoms. The van der Waals surface area contributed by atoms with Crippen LogP contribution in [0, 0.1) is 18.3 Å². The second-order valence-electron chi connectivity index (χ2n) is 6.79. The Morgan fingerprint density at radius 1 is 1.11 bits per heavy atom. The van der Waals surface area contributed by atoms with Gasteiger partial charge in [0.05, 0.1) is 5.52 Å². The minimum absolute atomic E-state index is 0.223. The van der Waals surface area contributed by atoms with Gasteiger partial charge in [0.1, 0.15) is 5.82 Å². The topological polar surface area (TPSA) is 61.7 Å². The molecule has 4 nitrogen and oxygen atoms in total. The number of hydrogen-bond donors (Lipinski definition) is 2. The lowest BCUT2D eigenvalue weighted by atomic mass is 9.98. The molecule has 0 bridgehead atoms. The number of aryl methyl sites for hydroxylation is 1. The number of aromatic nitrogens is 2. The van der Waals surface area contributed by atoms with Gasteiger partial charge in [-0.1, -0.05) is 53.5 Å². The Labute approximate surface area is 169 Å². The Kier molecular flexibility index (Phi) is 6.22. The van der Waals surface area contributed by atoms with Crippen molar-refractivity contribution in [2.24, 2.45) is 5.92 Å². The van der Waals surface area contributed by atoms with Crippen LogP contribution >= 0.6 is 15.9 Å². The van der Waals surface area contributed by atoms with E-state index in [1.165, 1.54) is 5.56 Å². The van der Waals surface area contributed by atoms with Crippen molar-refractivity contribution in [2.45, 2.75) is 33.6 Å². The Balaban J connectivity index is 2.01. The van der Waals surface area contributed by atoms with Gasteiger partial charge in [0.25, 0.3) is 0 Å². The monoisotopic (exact) mass is 424 g/mol. The van der Waals surface area contributed by atoms with Crippen LogP contribution in [0.25, 0.3) is 22.3 Å². The zero-order chi connectivity index (χ0) is 19.4. The van der Waals surface area contributed by atoms with Gasteiger partial charge < -0.3 is 10.7 Å². The Morgan fingerprint density at radius 3 is 2.52 bits per heavy atom. The summed E-state index contributed by atoms with van der Waals surface area (Å²) in [5, 5.41) is 12.7. The summed E-state index contributed by atoms with van der Waals surface area (Å²) >= 11 is 3.48. The van der Waals surface area contributed by atoms with E-state index in [-0.39, 0.29) is 5.92 Å². The van der Waals surface area contributed by atoms with Crippen molar-refractivity contribution in [3.05, 3.63) is 52.5 Å². The van der Waals surface area contributed by atoms with Gasteiger partial charge in [0.15, 0.2) is 5.82 Å². The summed E-state index contributed by atoms with van der Waals surface area (Å²) < 4.78 is 1.03. The van der Waals surface area contributed by atoms with Gasteiger partial charge >= 0.3 is 0 Å². The van der Waals surface area contributed by atoms with E-state index in [0.717, 1.165) is 45.3 Å². The van der Waals surface area contributed by atoms with Crippen molar-refractivity contribution in [2.75, 3.05) is 11.9 Å². The average Bonchev–Trinajstić information content (AvgIpc) is 2.68. The maximum Gasteiger partial charge on any atom is 0.162 e. The normalized spacial score (nSPS) is 12.1. The first-order chi connectivity index (χ1) is 13.0. The number of hydrogen-bond acceptors (Lipinski definition) is 4. The second kappa shape index (κ2) is 8.61. The molecule has 0 aliphatic carbocycles. The van der Waals surface area contributed by atoms with Gasteiger partial charge in [-0.15, -0.1) is 0 Å². The molecule has 0 fully saturated rings. The van der Waals surface area contributed by atoms with E-state index in [1.807, 2.05) is 37.3 Å². The van der Waals surface area contributed by atoms with Crippen molar-refractivity contribution in [1.82, 2.24) is 9.97 Å². The quantitative estimate of drug-likeness (QED) is 0.441. The fraction of sp³-hybridized carbons (Fsp3) is 0.318. The van der Waals surface area contributed by atoms with Crippen molar-refractivity contribution < 1.29 is 0 Å². The van der Waals surface area contributed by atoms with Crippen LogP contribution in [0.5, 0.6) is 0 Å². The number of nitrogens with zero attached hydrogens (tertiary/aromatic N) is 2. The number of rotatable bonds is 7. The highest BCUT2D eigenvalue weighted by atomic mass is 79.9. The molecule has 1 heterocycles. The highest BCUT2D eigenvalue weighted by Gasteiger charge is 2.14. The molecular formula is C22H25BrN4. The predicted octanol–water partition coefficient (Wildman–Crippen LogP) is 6.24. The lowest BCUT2D eigenvalue weighted by molar-refractivity contribution is 0.682. The van der Waals surface area contributed by atoms with Gasteiger partial charge in [-0.05, 0) is 44.0 Å². The molecule has 3 aromatic rings. The van der Waals surface area contributed by atoms with Crippen molar-refractivity contribution in [3.63, 3.8) is 0 Å². The van der Waals surface area contributed by atoms with Crippen LogP contribution in [0.4, 0.5) is 5.82 Å². The molecule has 140 valence electrons. The lowest BCUT2D eigenvalue weighted by Crippen LogP contribution is -2.22.